The Bertz CT molecular complexity index is 617. The van der Waals surface area contributed by atoms with Crippen molar-refractivity contribution in [3.05, 3.63) is 58.5 Å². The van der Waals surface area contributed by atoms with Crippen LogP contribution in [0, 0.1) is 0 Å². The number of halogens is 2. The van der Waals surface area contributed by atoms with E-state index < -0.39 is 5.60 Å². The van der Waals surface area contributed by atoms with Crippen LogP contribution >= 0.6 is 23.2 Å². The van der Waals surface area contributed by atoms with Gasteiger partial charge in [-0.3, -0.25) is 0 Å². The fraction of sp³-hybridized carbons (Fsp3) is 0.286. The zero-order valence-corrected chi connectivity index (χ0v) is 12.9. The van der Waals surface area contributed by atoms with Crippen LogP contribution in [0.25, 0.3) is 0 Å². The van der Waals surface area contributed by atoms with Gasteiger partial charge in [0, 0.05) is 28.2 Å². The molecule has 1 aromatic heterocycles. The predicted octanol–water partition coefficient (Wildman–Crippen LogP) is 3.02. The van der Waals surface area contributed by atoms with Gasteiger partial charge in [-0.25, -0.2) is 4.68 Å². The van der Waals surface area contributed by atoms with Crippen molar-refractivity contribution in [2.45, 2.75) is 18.6 Å². The fourth-order valence-electron chi connectivity index (χ4n) is 2.05. The van der Waals surface area contributed by atoms with Gasteiger partial charge in [-0.2, -0.15) is 0 Å². The van der Waals surface area contributed by atoms with Crippen LogP contribution in [-0.4, -0.2) is 27.2 Å². The lowest BCUT2D eigenvalue weighted by molar-refractivity contribution is 0.0169. The van der Waals surface area contributed by atoms with E-state index in [9.17, 15) is 5.11 Å². The molecule has 5 nitrogen and oxygen atoms in total. The molecule has 1 N–H and O–H groups in total. The minimum atomic E-state index is -1.25. The zero-order valence-electron chi connectivity index (χ0n) is 11.4. The van der Waals surface area contributed by atoms with Gasteiger partial charge in [0.1, 0.15) is 5.60 Å². The van der Waals surface area contributed by atoms with Crippen LogP contribution in [-0.2, 0) is 16.9 Å². The summed E-state index contributed by atoms with van der Waals surface area (Å²) in [6.45, 7) is 0.211. The molecule has 0 fully saturated rings. The van der Waals surface area contributed by atoms with Gasteiger partial charge in [0.05, 0.1) is 26.1 Å². The molecule has 0 aliphatic rings. The van der Waals surface area contributed by atoms with Crippen LogP contribution in [0.4, 0.5) is 0 Å². The molecule has 1 unspecified atom stereocenters. The fourth-order valence-corrected chi connectivity index (χ4v) is 2.64. The molecule has 0 radical (unpaired) electrons. The summed E-state index contributed by atoms with van der Waals surface area (Å²) in [4.78, 5) is 0. The van der Waals surface area contributed by atoms with Crippen molar-refractivity contribution in [2.24, 2.45) is 0 Å². The topological polar surface area (TPSA) is 60.2 Å². The van der Waals surface area contributed by atoms with E-state index in [0.29, 0.717) is 22.0 Å². The number of aromatic nitrogens is 3. The van der Waals surface area contributed by atoms with Crippen LogP contribution in [0.1, 0.15) is 12.0 Å². The average molecular weight is 328 g/mol. The van der Waals surface area contributed by atoms with Crippen LogP contribution in [0.3, 0.4) is 0 Å². The summed E-state index contributed by atoms with van der Waals surface area (Å²) in [5.41, 5.74) is -0.672. The monoisotopic (exact) mass is 327 g/mol. The lowest BCUT2D eigenvalue weighted by Crippen LogP contribution is -2.31. The molecule has 1 heterocycles. The van der Waals surface area contributed by atoms with Gasteiger partial charge in [0.25, 0.3) is 0 Å². The number of methoxy groups -OCH3 is 1. The van der Waals surface area contributed by atoms with Crippen molar-refractivity contribution < 1.29 is 9.84 Å². The second-order valence-corrected chi connectivity index (χ2v) is 5.41. The third-order valence-corrected chi connectivity index (χ3v) is 3.56. The molecule has 0 bridgehead atoms. The van der Waals surface area contributed by atoms with Gasteiger partial charge in [-0.15, -0.1) is 5.10 Å². The van der Waals surface area contributed by atoms with Crippen LogP contribution < -0.4 is 0 Å². The molecule has 112 valence electrons. The maximum absolute atomic E-state index is 11.0. The van der Waals surface area contributed by atoms with E-state index in [2.05, 4.69) is 10.3 Å². The van der Waals surface area contributed by atoms with E-state index in [1.54, 1.807) is 48.5 Å². The highest BCUT2D eigenvalue weighted by atomic mass is 35.5. The summed E-state index contributed by atoms with van der Waals surface area (Å²) in [7, 11) is 1.54. The standard InChI is InChI=1S/C14H15Cl2N3O2/c1-21-8-2-5-14(20,10-19-7-6-17-18-19)12-4-3-11(15)9-13(12)16/h2-4,6-9,20H,5,10H2,1H3. The highest BCUT2D eigenvalue weighted by Gasteiger charge is 2.31. The van der Waals surface area contributed by atoms with Gasteiger partial charge in [0.2, 0.25) is 0 Å². The van der Waals surface area contributed by atoms with Gasteiger partial charge in [-0.1, -0.05) is 34.5 Å². The van der Waals surface area contributed by atoms with E-state index in [0.717, 1.165) is 0 Å². The summed E-state index contributed by atoms with van der Waals surface area (Å²) >= 11 is 12.1. The van der Waals surface area contributed by atoms with Crippen molar-refractivity contribution in [1.29, 1.82) is 0 Å². The number of hydrogen-bond donors (Lipinski definition) is 1. The quantitative estimate of drug-likeness (QED) is 0.828. The Labute approximate surface area is 132 Å². The zero-order chi connectivity index (χ0) is 15.3. The van der Waals surface area contributed by atoms with Gasteiger partial charge in [-0.05, 0) is 18.2 Å². The highest BCUT2D eigenvalue weighted by molar-refractivity contribution is 6.35. The Morgan fingerprint density at radius 2 is 2.24 bits per heavy atom. The maximum Gasteiger partial charge on any atom is 0.114 e. The van der Waals surface area contributed by atoms with Crippen molar-refractivity contribution >= 4 is 23.2 Å². The van der Waals surface area contributed by atoms with Crippen molar-refractivity contribution in [2.75, 3.05) is 7.11 Å². The van der Waals surface area contributed by atoms with Crippen molar-refractivity contribution in [1.82, 2.24) is 15.0 Å². The molecule has 0 amide bonds. The first-order valence-corrected chi connectivity index (χ1v) is 7.00. The Morgan fingerprint density at radius 3 is 2.86 bits per heavy atom. The molecular weight excluding hydrogens is 313 g/mol. The molecule has 7 heteroatoms. The predicted molar refractivity (Wildman–Crippen MR) is 81.1 cm³/mol. The van der Waals surface area contributed by atoms with Crippen LogP contribution in [0.2, 0.25) is 10.0 Å². The normalized spacial score (nSPS) is 14.3. The lowest BCUT2D eigenvalue weighted by Gasteiger charge is -2.28. The number of aliphatic hydroxyl groups is 1. The summed E-state index contributed by atoms with van der Waals surface area (Å²) in [5, 5.41) is 19.6. The molecule has 21 heavy (non-hydrogen) atoms. The second-order valence-electron chi connectivity index (χ2n) is 4.57. The van der Waals surface area contributed by atoms with Crippen molar-refractivity contribution in [3.63, 3.8) is 0 Å². The molecule has 0 spiro atoms. The van der Waals surface area contributed by atoms with E-state index in [-0.39, 0.29) is 6.54 Å². The van der Waals surface area contributed by atoms with E-state index in [4.69, 9.17) is 27.9 Å². The first-order valence-electron chi connectivity index (χ1n) is 6.25. The molecule has 0 aliphatic heterocycles. The largest absolute Gasteiger partial charge is 0.505 e. The third kappa shape index (κ3) is 3.97. The second kappa shape index (κ2) is 6.93. The van der Waals surface area contributed by atoms with E-state index in [1.807, 2.05) is 0 Å². The minimum absolute atomic E-state index is 0.211. The number of rotatable bonds is 6. The maximum atomic E-state index is 11.0. The smallest absolute Gasteiger partial charge is 0.114 e. The molecule has 0 saturated carbocycles. The lowest BCUT2D eigenvalue weighted by atomic mass is 9.90. The molecule has 2 rings (SSSR count). The Kier molecular flexibility index (Phi) is 5.22. The number of hydrogen-bond acceptors (Lipinski definition) is 4. The van der Waals surface area contributed by atoms with E-state index >= 15 is 0 Å². The highest BCUT2D eigenvalue weighted by Crippen LogP contribution is 2.34. The Balaban J connectivity index is 2.36. The van der Waals surface area contributed by atoms with E-state index in [1.165, 1.54) is 6.26 Å². The third-order valence-electron chi connectivity index (χ3n) is 3.02. The summed E-state index contributed by atoms with van der Waals surface area (Å²) in [6.07, 6.45) is 6.77. The molecule has 0 aliphatic carbocycles. The minimum Gasteiger partial charge on any atom is -0.505 e. The molecule has 2 aromatic rings. The molecule has 1 aromatic carbocycles. The van der Waals surface area contributed by atoms with Crippen molar-refractivity contribution in [3.8, 4) is 0 Å². The average Bonchev–Trinajstić information content (AvgIpc) is 2.91. The summed E-state index contributed by atoms with van der Waals surface area (Å²) < 4.78 is 6.42. The molecular formula is C14H15Cl2N3O2. The SMILES string of the molecule is COC=CCC(O)(Cn1ccnn1)c1ccc(Cl)cc1Cl. The Morgan fingerprint density at radius 1 is 1.43 bits per heavy atom. The van der Waals surface area contributed by atoms with Gasteiger partial charge >= 0.3 is 0 Å². The molecule has 0 saturated heterocycles. The number of nitrogens with zero attached hydrogens (tertiary/aromatic N) is 3. The van der Waals surface area contributed by atoms with Crippen LogP contribution in [0.15, 0.2) is 42.9 Å². The summed E-state index contributed by atoms with van der Waals surface area (Å²) in [6, 6.07) is 5.00. The number of ether oxygens (including phenoxy) is 1. The summed E-state index contributed by atoms with van der Waals surface area (Å²) in [5.74, 6) is 0. The molecule has 1 atom stereocenters. The first kappa shape index (κ1) is 15.8. The number of benzene rings is 1. The van der Waals surface area contributed by atoms with Gasteiger partial charge < -0.3 is 9.84 Å². The Hall–Kier alpha value is -1.56. The van der Waals surface area contributed by atoms with Crippen LogP contribution in [0.5, 0.6) is 0 Å². The van der Waals surface area contributed by atoms with Gasteiger partial charge in [0.15, 0.2) is 0 Å². The first-order chi connectivity index (χ1) is 10.0.